The number of hydrogen-bond acceptors (Lipinski definition) is 8. The zero-order valence-corrected chi connectivity index (χ0v) is 20.7. The van der Waals surface area contributed by atoms with Crippen molar-refractivity contribution in [3.8, 4) is 11.4 Å². The lowest BCUT2D eigenvalue weighted by atomic mass is 10.1. The molecule has 2 aliphatic rings. The van der Waals surface area contributed by atoms with E-state index in [0.717, 1.165) is 22.0 Å². The summed E-state index contributed by atoms with van der Waals surface area (Å²) in [7, 11) is 0.198. The van der Waals surface area contributed by atoms with Gasteiger partial charge in [-0.1, -0.05) is 30.3 Å². The second-order valence-electron chi connectivity index (χ2n) is 9.29. The maximum absolute atomic E-state index is 13.2. The summed E-state index contributed by atoms with van der Waals surface area (Å²) in [4.78, 5) is 2.23. The number of nitrogens with zero attached hydrogens (tertiary/aromatic N) is 5. The fourth-order valence-corrected chi connectivity index (χ4v) is 6.17. The number of fused-ring (bicyclic) bond motifs is 2. The summed E-state index contributed by atoms with van der Waals surface area (Å²) >= 11 is 0. The van der Waals surface area contributed by atoms with Crippen molar-refractivity contribution in [3.63, 3.8) is 0 Å². The molecule has 10 nitrogen and oxygen atoms in total. The van der Waals surface area contributed by atoms with Gasteiger partial charge in [-0.3, -0.25) is 0 Å². The molecule has 186 valence electrons. The van der Waals surface area contributed by atoms with E-state index in [9.17, 15) is 8.42 Å². The Bertz CT molecular complexity index is 1500. The van der Waals surface area contributed by atoms with E-state index in [1.54, 1.807) is 16.8 Å². The number of hydrogen-bond donors (Lipinski definition) is 1. The molecule has 6 rings (SSSR count). The van der Waals surface area contributed by atoms with E-state index in [1.165, 1.54) is 0 Å². The van der Waals surface area contributed by atoms with Crippen LogP contribution in [0.2, 0.25) is 0 Å². The average Bonchev–Trinajstić information content (AvgIpc) is 3.61. The van der Waals surface area contributed by atoms with Gasteiger partial charge in [0.25, 0.3) is 0 Å². The first-order valence-electron chi connectivity index (χ1n) is 11.7. The molecule has 0 amide bonds. The predicted molar refractivity (Wildman–Crippen MR) is 134 cm³/mol. The van der Waals surface area contributed by atoms with Crippen LogP contribution in [0.25, 0.3) is 22.2 Å². The molecule has 1 N–H and O–H groups in total. The van der Waals surface area contributed by atoms with Crippen LogP contribution in [0.4, 0.5) is 5.69 Å². The molecule has 3 heterocycles. The van der Waals surface area contributed by atoms with Crippen molar-refractivity contribution < 1.29 is 17.9 Å². The Morgan fingerprint density at radius 2 is 1.69 bits per heavy atom. The monoisotopic (exact) mass is 506 g/mol. The van der Waals surface area contributed by atoms with Crippen LogP contribution in [0.3, 0.4) is 0 Å². The lowest BCUT2D eigenvalue weighted by Gasteiger charge is -2.18. The molecule has 2 saturated heterocycles. The largest absolute Gasteiger partial charge is 0.378 e. The van der Waals surface area contributed by atoms with Crippen molar-refractivity contribution in [2.75, 3.05) is 32.2 Å². The minimum absolute atomic E-state index is 0.202. The number of nitrogens with one attached hydrogen (secondary N) is 1. The second kappa shape index (κ2) is 8.93. The molecule has 0 radical (unpaired) electrons. The van der Waals surface area contributed by atoms with E-state index >= 15 is 0 Å². The number of sulfonamides is 1. The van der Waals surface area contributed by atoms with Crippen molar-refractivity contribution in [2.45, 2.75) is 29.2 Å². The molecule has 1 aromatic heterocycles. The summed E-state index contributed by atoms with van der Waals surface area (Å²) in [5.74, 6) is 0.610. The summed E-state index contributed by atoms with van der Waals surface area (Å²) in [5, 5.41) is 14.2. The third-order valence-electron chi connectivity index (χ3n) is 6.81. The number of anilines is 1. The SMILES string of the molecule is CN(C)c1ccc(-c2nnnn2[C@@H]2CO[C@@H]3[C@@H]2OC[C@@H]3NS(=O)(=O)c2ccc3ccccc3c2)cc1. The first-order valence-corrected chi connectivity index (χ1v) is 13.2. The van der Waals surface area contributed by atoms with E-state index in [2.05, 4.69) is 20.2 Å². The highest BCUT2D eigenvalue weighted by molar-refractivity contribution is 7.89. The minimum atomic E-state index is -3.77. The molecule has 0 aliphatic carbocycles. The lowest BCUT2D eigenvalue weighted by Crippen LogP contribution is -2.44. The van der Waals surface area contributed by atoms with Crippen LogP contribution in [0.15, 0.2) is 71.6 Å². The molecule has 2 aliphatic heterocycles. The van der Waals surface area contributed by atoms with E-state index in [-0.39, 0.29) is 23.6 Å². The highest BCUT2D eigenvalue weighted by Crippen LogP contribution is 2.36. The lowest BCUT2D eigenvalue weighted by molar-refractivity contribution is 0.0626. The van der Waals surface area contributed by atoms with Crippen molar-refractivity contribution in [1.82, 2.24) is 24.9 Å². The van der Waals surface area contributed by atoms with Gasteiger partial charge >= 0.3 is 0 Å². The smallest absolute Gasteiger partial charge is 0.241 e. The number of aromatic nitrogens is 4. The second-order valence-corrected chi connectivity index (χ2v) is 11.0. The Morgan fingerprint density at radius 1 is 0.944 bits per heavy atom. The van der Waals surface area contributed by atoms with E-state index in [0.29, 0.717) is 12.4 Å². The number of benzene rings is 3. The molecular weight excluding hydrogens is 480 g/mol. The van der Waals surface area contributed by atoms with Gasteiger partial charge in [-0.25, -0.2) is 17.8 Å². The molecule has 3 aromatic carbocycles. The third-order valence-corrected chi connectivity index (χ3v) is 8.30. The molecule has 11 heteroatoms. The number of tetrazole rings is 1. The summed E-state index contributed by atoms with van der Waals surface area (Å²) in [6, 6.07) is 19.9. The van der Waals surface area contributed by atoms with Gasteiger partial charge in [-0.2, -0.15) is 0 Å². The van der Waals surface area contributed by atoms with Crippen LogP contribution in [-0.4, -0.2) is 74.2 Å². The summed E-state index contributed by atoms with van der Waals surface area (Å²) in [6.45, 7) is 0.519. The summed E-state index contributed by atoms with van der Waals surface area (Å²) < 4.78 is 43.0. The Hall–Kier alpha value is -3.38. The van der Waals surface area contributed by atoms with E-state index in [4.69, 9.17) is 9.47 Å². The Kier molecular flexibility index (Phi) is 5.72. The van der Waals surface area contributed by atoms with Crippen LogP contribution < -0.4 is 9.62 Å². The highest BCUT2D eigenvalue weighted by Gasteiger charge is 2.50. The van der Waals surface area contributed by atoms with Gasteiger partial charge in [0.05, 0.1) is 24.2 Å². The molecular formula is C25H26N6O4S. The van der Waals surface area contributed by atoms with Gasteiger partial charge in [-0.15, -0.1) is 5.10 Å². The molecule has 0 saturated carbocycles. The van der Waals surface area contributed by atoms with E-state index in [1.807, 2.05) is 73.6 Å². The van der Waals surface area contributed by atoms with Crippen molar-refractivity contribution >= 4 is 26.5 Å². The first-order chi connectivity index (χ1) is 17.4. The zero-order valence-electron chi connectivity index (χ0n) is 19.9. The predicted octanol–water partition coefficient (Wildman–Crippen LogP) is 2.25. The van der Waals surface area contributed by atoms with Gasteiger partial charge in [0, 0.05) is 25.3 Å². The molecule has 0 spiro atoms. The topological polar surface area (TPSA) is 111 Å². The molecule has 36 heavy (non-hydrogen) atoms. The van der Waals surface area contributed by atoms with Gasteiger partial charge < -0.3 is 14.4 Å². The summed E-state index contributed by atoms with van der Waals surface area (Å²) in [5.41, 5.74) is 1.95. The highest BCUT2D eigenvalue weighted by atomic mass is 32.2. The molecule has 4 aromatic rings. The van der Waals surface area contributed by atoms with Crippen molar-refractivity contribution in [3.05, 3.63) is 66.7 Å². The molecule has 0 bridgehead atoms. The van der Waals surface area contributed by atoms with Crippen molar-refractivity contribution in [2.24, 2.45) is 0 Å². The minimum Gasteiger partial charge on any atom is -0.378 e. The van der Waals surface area contributed by atoms with Gasteiger partial charge in [0.2, 0.25) is 10.0 Å². The molecule has 4 atom stereocenters. The van der Waals surface area contributed by atoms with Gasteiger partial charge in [0.15, 0.2) is 5.82 Å². The van der Waals surface area contributed by atoms with Crippen LogP contribution in [0, 0.1) is 0 Å². The van der Waals surface area contributed by atoms with Gasteiger partial charge in [-0.05, 0) is 57.6 Å². The van der Waals surface area contributed by atoms with Gasteiger partial charge in [0.1, 0.15) is 18.2 Å². The Morgan fingerprint density at radius 3 is 2.47 bits per heavy atom. The quantitative estimate of drug-likeness (QED) is 0.424. The van der Waals surface area contributed by atoms with Crippen molar-refractivity contribution in [1.29, 1.82) is 0 Å². The number of ether oxygens (including phenoxy) is 2. The fraction of sp³-hybridized carbons (Fsp3) is 0.320. The number of rotatable bonds is 6. The van der Waals surface area contributed by atoms with E-state index < -0.39 is 22.2 Å². The zero-order chi connectivity index (χ0) is 24.9. The standard InChI is InChI=1S/C25H26N6O4S/c1-30(2)19-10-7-17(8-11-19)25-26-28-29-31(25)22-15-35-23-21(14-34-24(22)23)27-36(32,33)20-12-9-16-5-3-4-6-18(16)13-20/h3-13,21-24,27H,14-15H2,1-2H3/t21-,22+,23-,24+/m0/s1. The van der Waals surface area contributed by atoms with Crippen LogP contribution in [0.1, 0.15) is 6.04 Å². The Balaban J connectivity index is 1.21. The van der Waals surface area contributed by atoms with Crippen LogP contribution in [0.5, 0.6) is 0 Å². The maximum Gasteiger partial charge on any atom is 0.241 e. The Labute approximate surface area is 208 Å². The molecule has 0 unspecified atom stereocenters. The summed E-state index contributed by atoms with van der Waals surface area (Å²) in [6.07, 6.45) is -0.823. The fourth-order valence-electron chi connectivity index (χ4n) is 4.91. The normalized spacial score (nSPS) is 23.7. The van der Waals surface area contributed by atoms with Crippen LogP contribution in [-0.2, 0) is 19.5 Å². The van der Waals surface area contributed by atoms with Crippen LogP contribution >= 0.6 is 0 Å². The third kappa shape index (κ3) is 4.03. The average molecular weight is 507 g/mol. The first kappa shape index (κ1) is 23.0. The maximum atomic E-state index is 13.2. The molecule has 2 fully saturated rings.